The fourth-order valence-electron chi connectivity index (χ4n) is 2.53. The Labute approximate surface area is 111 Å². The first-order chi connectivity index (χ1) is 8.48. The van der Waals surface area contributed by atoms with E-state index in [1.807, 2.05) is 12.3 Å². The number of anilines is 1. The molecule has 1 fully saturated rings. The number of nitrogens with one attached hydrogen (secondary N) is 1. The molecule has 2 rings (SSSR count). The Hall–Kier alpha value is -1.09. The molecule has 0 amide bonds. The molecule has 1 unspecified atom stereocenters. The first-order valence-corrected chi connectivity index (χ1v) is 6.88. The van der Waals surface area contributed by atoms with E-state index in [1.165, 1.54) is 12.1 Å². The van der Waals surface area contributed by atoms with E-state index in [1.54, 1.807) is 0 Å². The number of pyridine rings is 1. The molecule has 0 aliphatic carbocycles. The Kier molecular flexibility index (Phi) is 3.91. The lowest BCUT2D eigenvalue weighted by Crippen LogP contribution is -2.46. The highest BCUT2D eigenvalue weighted by molar-refractivity contribution is 5.50. The van der Waals surface area contributed by atoms with Crippen molar-refractivity contribution in [2.75, 3.05) is 24.5 Å². The first-order valence-electron chi connectivity index (χ1n) is 6.88. The van der Waals surface area contributed by atoms with E-state index >= 15 is 0 Å². The van der Waals surface area contributed by atoms with Crippen molar-refractivity contribution in [3.63, 3.8) is 0 Å². The Morgan fingerprint density at radius 2 is 2.17 bits per heavy atom. The second-order valence-corrected chi connectivity index (χ2v) is 6.28. The van der Waals surface area contributed by atoms with Crippen LogP contribution in [0.1, 0.15) is 32.9 Å². The Bertz CT molecular complexity index is 395. The van der Waals surface area contributed by atoms with Crippen molar-refractivity contribution in [1.82, 2.24) is 10.3 Å². The van der Waals surface area contributed by atoms with Crippen LogP contribution in [0.4, 0.5) is 5.69 Å². The highest BCUT2D eigenvalue weighted by Gasteiger charge is 2.28. The minimum absolute atomic E-state index is 0.290. The molecule has 1 aromatic heterocycles. The van der Waals surface area contributed by atoms with Gasteiger partial charge in [-0.1, -0.05) is 20.8 Å². The van der Waals surface area contributed by atoms with Crippen LogP contribution in [0.3, 0.4) is 0 Å². The summed E-state index contributed by atoms with van der Waals surface area (Å²) in [5.74, 6) is 0. The van der Waals surface area contributed by atoms with E-state index in [-0.39, 0.29) is 0 Å². The van der Waals surface area contributed by atoms with Gasteiger partial charge in [0.1, 0.15) is 0 Å². The van der Waals surface area contributed by atoms with Crippen LogP contribution in [0, 0.1) is 12.3 Å². The summed E-state index contributed by atoms with van der Waals surface area (Å²) in [6.45, 7) is 12.3. The fourth-order valence-corrected chi connectivity index (χ4v) is 2.53. The predicted octanol–water partition coefficient (Wildman–Crippen LogP) is 2.60. The van der Waals surface area contributed by atoms with Crippen molar-refractivity contribution < 1.29 is 0 Å². The Morgan fingerprint density at radius 1 is 1.39 bits per heavy atom. The van der Waals surface area contributed by atoms with Crippen molar-refractivity contribution in [3.8, 4) is 0 Å². The molecule has 0 saturated carbocycles. The molecular weight excluding hydrogens is 222 g/mol. The number of nitrogens with zero attached hydrogens (tertiary/aromatic N) is 2. The first kappa shape index (κ1) is 13.3. The lowest BCUT2D eigenvalue weighted by atomic mass is 9.86. The second kappa shape index (κ2) is 5.27. The molecule has 100 valence electrons. The molecule has 1 aliphatic heterocycles. The third kappa shape index (κ3) is 3.02. The summed E-state index contributed by atoms with van der Waals surface area (Å²) >= 11 is 0. The molecule has 1 atom stereocenters. The summed E-state index contributed by atoms with van der Waals surface area (Å²) in [4.78, 5) is 6.89. The monoisotopic (exact) mass is 247 g/mol. The highest BCUT2D eigenvalue weighted by atomic mass is 15.2. The minimum Gasteiger partial charge on any atom is -0.368 e. The average molecular weight is 247 g/mol. The van der Waals surface area contributed by atoms with E-state index in [2.05, 4.69) is 49.0 Å². The molecule has 1 aromatic rings. The van der Waals surface area contributed by atoms with Gasteiger partial charge in [-0.25, -0.2) is 0 Å². The standard InChI is InChI=1S/C15H25N3/c1-12-13(7-5-8-16-12)18-10-6-9-17-14(11-18)15(2,3)4/h5,7-8,14,17H,6,9-11H2,1-4H3. The minimum atomic E-state index is 0.290. The molecule has 1 N–H and O–H groups in total. The summed E-state index contributed by atoms with van der Waals surface area (Å²) in [7, 11) is 0. The SMILES string of the molecule is Cc1ncccc1N1CCCNC(C(C)(C)C)C1. The van der Waals surface area contributed by atoms with Gasteiger partial charge in [0.25, 0.3) is 0 Å². The van der Waals surface area contributed by atoms with E-state index < -0.39 is 0 Å². The fraction of sp³-hybridized carbons (Fsp3) is 0.667. The Balaban J connectivity index is 2.20. The van der Waals surface area contributed by atoms with Crippen molar-refractivity contribution >= 4 is 5.69 Å². The third-order valence-corrected chi connectivity index (χ3v) is 3.76. The number of aryl methyl sites for hydroxylation is 1. The topological polar surface area (TPSA) is 28.2 Å². The summed E-state index contributed by atoms with van der Waals surface area (Å²) in [6, 6.07) is 4.75. The van der Waals surface area contributed by atoms with Gasteiger partial charge in [0.15, 0.2) is 0 Å². The van der Waals surface area contributed by atoms with E-state index in [0.29, 0.717) is 11.5 Å². The van der Waals surface area contributed by atoms with Gasteiger partial charge in [0, 0.05) is 25.3 Å². The van der Waals surface area contributed by atoms with Gasteiger partial charge in [-0.05, 0) is 37.4 Å². The van der Waals surface area contributed by atoms with E-state index in [4.69, 9.17) is 0 Å². The zero-order valence-electron chi connectivity index (χ0n) is 12.0. The smallest absolute Gasteiger partial charge is 0.0605 e. The number of rotatable bonds is 1. The van der Waals surface area contributed by atoms with Crippen LogP contribution >= 0.6 is 0 Å². The molecule has 0 aromatic carbocycles. The lowest BCUT2D eigenvalue weighted by Gasteiger charge is -2.34. The molecule has 1 aliphatic rings. The van der Waals surface area contributed by atoms with Gasteiger partial charge in [-0.3, -0.25) is 4.98 Å². The lowest BCUT2D eigenvalue weighted by molar-refractivity contribution is 0.280. The Morgan fingerprint density at radius 3 is 2.83 bits per heavy atom. The van der Waals surface area contributed by atoms with Gasteiger partial charge in [0.2, 0.25) is 0 Å². The molecule has 0 spiro atoms. The molecule has 3 nitrogen and oxygen atoms in total. The highest BCUT2D eigenvalue weighted by Crippen LogP contribution is 2.25. The van der Waals surface area contributed by atoms with Gasteiger partial charge in [-0.15, -0.1) is 0 Å². The molecule has 0 bridgehead atoms. The summed E-state index contributed by atoms with van der Waals surface area (Å²) < 4.78 is 0. The van der Waals surface area contributed by atoms with Crippen molar-refractivity contribution in [2.24, 2.45) is 5.41 Å². The molecule has 1 saturated heterocycles. The van der Waals surface area contributed by atoms with Crippen LogP contribution in [0.15, 0.2) is 18.3 Å². The van der Waals surface area contributed by atoms with Crippen LogP contribution in [0.5, 0.6) is 0 Å². The zero-order chi connectivity index (χ0) is 13.2. The van der Waals surface area contributed by atoms with Gasteiger partial charge in [-0.2, -0.15) is 0 Å². The third-order valence-electron chi connectivity index (χ3n) is 3.76. The molecule has 2 heterocycles. The van der Waals surface area contributed by atoms with Crippen molar-refractivity contribution in [3.05, 3.63) is 24.0 Å². The zero-order valence-corrected chi connectivity index (χ0v) is 12.0. The summed E-state index contributed by atoms with van der Waals surface area (Å²) in [5, 5.41) is 3.68. The number of hydrogen-bond donors (Lipinski definition) is 1. The maximum Gasteiger partial charge on any atom is 0.0605 e. The van der Waals surface area contributed by atoms with Crippen LogP contribution in [0.2, 0.25) is 0 Å². The largest absolute Gasteiger partial charge is 0.368 e. The maximum absolute atomic E-state index is 4.41. The van der Waals surface area contributed by atoms with E-state index in [0.717, 1.165) is 25.3 Å². The predicted molar refractivity (Wildman–Crippen MR) is 77.0 cm³/mol. The maximum atomic E-state index is 4.41. The number of aromatic nitrogens is 1. The van der Waals surface area contributed by atoms with Crippen LogP contribution in [-0.4, -0.2) is 30.7 Å². The van der Waals surface area contributed by atoms with Crippen molar-refractivity contribution in [1.29, 1.82) is 0 Å². The average Bonchev–Trinajstić information content (AvgIpc) is 2.54. The van der Waals surface area contributed by atoms with Gasteiger partial charge in [0.05, 0.1) is 11.4 Å². The second-order valence-electron chi connectivity index (χ2n) is 6.28. The molecule has 18 heavy (non-hydrogen) atoms. The van der Waals surface area contributed by atoms with Crippen molar-refractivity contribution in [2.45, 2.75) is 40.2 Å². The van der Waals surface area contributed by atoms with Crippen LogP contribution in [0.25, 0.3) is 0 Å². The molecular formula is C15H25N3. The quantitative estimate of drug-likeness (QED) is 0.827. The summed E-state index contributed by atoms with van der Waals surface area (Å²) in [5.41, 5.74) is 2.71. The van der Waals surface area contributed by atoms with Crippen LogP contribution < -0.4 is 10.2 Å². The normalized spacial score (nSPS) is 21.8. The number of hydrogen-bond acceptors (Lipinski definition) is 3. The van der Waals surface area contributed by atoms with Gasteiger partial charge >= 0.3 is 0 Å². The molecule has 3 heteroatoms. The molecule has 0 radical (unpaired) electrons. The van der Waals surface area contributed by atoms with Gasteiger partial charge < -0.3 is 10.2 Å². The van der Waals surface area contributed by atoms with E-state index in [9.17, 15) is 0 Å². The summed E-state index contributed by atoms with van der Waals surface area (Å²) in [6.07, 6.45) is 3.07. The van der Waals surface area contributed by atoms with Crippen LogP contribution in [-0.2, 0) is 0 Å².